The zero-order chi connectivity index (χ0) is 20.4. The van der Waals surface area contributed by atoms with E-state index in [0.29, 0.717) is 21.3 Å². The van der Waals surface area contributed by atoms with Crippen molar-refractivity contribution in [2.75, 3.05) is 25.0 Å². The lowest BCUT2D eigenvalue weighted by molar-refractivity contribution is -0.121. The lowest BCUT2D eigenvalue weighted by atomic mass is 10.0. The van der Waals surface area contributed by atoms with E-state index in [1.165, 1.54) is 29.5 Å². The van der Waals surface area contributed by atoms with Crippen LogP contribution in [0.3, 0.4) is 0 Å². The molecule has 2 saturated heterocycles. The molecule has 1 aromatic heterocycles. The average Bonchev–Trinajstić information content (AvgIpc) is 2.89. The normalized spacial score (nSPS) is 19.3. The Hall–Kier alpha value is -2.11. The van der Waals surface area contributed by atoms with Crippen LogP contribution in [0.5, 0.6) is 0 Å². The summed E-state index contributed by atoms with van der Waals surface area (Å²) in [7, 11) is 1.66. The summed E-state index contributed by atoms with van der Waals surface area (Å²) in [5, 5.41) is 9.59. The van der Waals surface area contributed by atoms with Crippen molar-refractivity contribution in [1.29, 1.82) is 5.26 Å². The second-order valence-electron chi connectivity index (χ2n) is 7.04. The Kier molecular flexibility index (Phi) is 6.26. The van der Waals surface area contributed by atoms with Crippen molar-refractivity contribution < 1.29 is 4.79 Å². The maximum atomic E-state index is 13.0. The molecule has 0 unspecified atom stereocenters. The van der Waals surface area contributed by atoms with Gasteiger partial charge < -0.3 is 4.90 Å². The molecule has 0 spiro atoms. The number of pyridine rings is 1. The number of amides is 1. The summed E-state index contributed by atoms with van der Waals surface area (Å²) in [5.41, 5.74) is 1.27. The summed E-state index contributed by atoms with van der Waals surface area (Å²) >= 11 is 6.50. The number of nitriles is 1. The maximum Gasteiger partial charge on any atom is 0.270 e. The van der Waals surface area contributed by atoms with Gasteiger partial charge >= 0.3 is 0 Å². The van der Waals surface area contributed by atoms with Crippen molar-refractivity contribution in [3.05, 3.63) is 31.9 Å². The van der Waals surface area contributed by atoms with Crippen molar-refractivity contribution >= 4 is 46.1 Å². The van der Waals surface area contributed by atoms with E-state index in [4.69, 9.17) is 12.2 Å². The van der Waals surface area contributed by atoms with Crippen LogP contribution < -0.4 is 10.5 Å². The van der Waals surface area contributed by atoms with Gasteiger partial charge in [-0.2, -0.15) is 5.26 Å². The summed E-state index contributed by atoms with van der Waals surface area (Å²) in [6.45, 7) is 5.89. The van der Waals surface area contributed by atoms with Gasteiger partial charge in [0, 0.05) is 32.2 Å². The lowest BCUT2D eigenvalue weighted by Gasteiger charge is -2.29. The van der Waals surface area contributed by atoms with E-state index in [1.807, 2.05) is 13.0 Å². The Bertz CT molecular complexity index is 950. The summed E-state index contributed by atoms with van der Waals surface area (Å²) in [4.78, 5) is 29.7. The summed E-state index contributed by atoms with van der Waals surface area (Å²) < 4.78 is 2.18. The van der Waals surface area contributed by atoms with Gasteiger partial charge in [-0.1, -0.05) is 36.8 Å². The van der Waals surface area contributed by atoms with E-state index in [1.54, 1.807) is 18.5 Å². The molecule has 0 saturated carbocycles. The summed E-state index contributed by atoms with van der Waals surface area (Å²) in [5.74, 6) is 0.663. The Morgan fingerprint density at radius 3 is 2.36 bits per heavy atom. The third kappa shape index (κ3) is 3.61. The van der Waals surface area contributed by atoms with Crippen LogP contribution >= 0.6 is 24.0 Å². The first-order valence-corrected chi connectivity index (χ1v) is 10.8. The summed E-state index contributed by atoms with van der Waals surface area (Å²) in [6, 6.07) is 2.07. The lowest BCUT2D eigenvalue weighted by Crippen LogP contribution is -2.35. The van der Waals surface area contributed by atoms with E-state index >= 15 is 0 Å². The first kappa shape index (κ1) is 20.6. The van der Waals surface area contributed by atoms with Crippen molar-refractivity contribution in [3.63, 3.8) is 0 Å². The Morgan fingerprint density at radius 2 is 1.86 bits per heavy atom. The Labute approximate surface area is 174 Å². The van der Waals surface area contributed by atoms with E-state index < -0.39 is 0 Å². The number of hydrogen-bond donors (Lipinski definition) is 0. The van der Waals surface area contributed by atoms with E-state index in [-0.39, 0.29) is 17.0 Å². The van der Waals surface area contributed by atoms with Gasteiger partial charge in [-0.05, 0) is 38.3 Å². The third-order valence-corrected chi connectivity index (χ3v) is 6.81. The number of likely N-dealkylation sites (N-methyl/N-ethyl adjacent to an activating group) is 1. The second kappa shape index (κ2) is 8.50. The second-order valence-corrected chi connectivity index (χ2v) is 8.72. The van der Waals surface area contributed by atoms with Crippen LogP contribution in [-0.4, -0.2) is 39.8 Å². The van der Waals surface area contributed by atoms with Gasteiger partial charge in [0.2, 0.25) is 0 Å². The molecular formula is C20H24N4O2S2. The Balaban J connectivity index is 2.27. The third-order valence-electron chi connectivity index (χ3n) is 5.33. The van der Waals surface area contributed by atoms with Crippen LogP contribution in [0.15, 0.2) is 9.70 Å². The first-order valence-electron chi connectivity index (χ1n) is 9.54. The number of carbonyl (C=O) groups excluding carboxylic acids is 1. The number of anilines is 1. The highest BCUT2D eigenvalue weighted by Gasteiger charge is 2.30. The average molecular weight is 417 g/mol. The predicted molar refractivity (Wildman–Crippen MR) is 117 cm³/mol. The van der Waals surface area contributed by atoms with Crippen LogP contribution in [0.1, 0.15) is 49.3 Å². The highest BCUT2D eigenvalue weighted by atomic mass is 32.2. The van der Waals surface area contributed by atoms with Crippen molar-refractivity contribution in [2.45, 2.75) is 46.1 Å². The van der Waals surface area contributed by atoms with Crippen LogP contribution in [0.25, 0.3) is 6.08 Å². The van der Waals surface area contributed by atoms with Gasteiger partial charge in [0.25, 0.3) is 11.5 Å². The van der Waals surface area contributed by atoms with Gasteiger partial charge in [-0.3, -0.25) is 19.1 Å². The van der Waals surface area contributed by atoms with E-state index in [2.05, 4.69) is 11.0 Å². The molecular weight excluding hydrogens is 392 g/mol. The van der Waals surface area contributed by atoms with Crippen LogP contribution in [0, 0.1) is 18.3 Å². The molecule has 0 bridgehead atoms. The molecule has 2 aliphatic rings. The smallest absolute Gasteiger partial charge is 0.270 e. The molecule has 2 aliphatic heterocycles. The van der Waals surface area contributed by atoms with E-state index in [9.17, 15) is 14.9 Å². The molecule has 0 atom stereocenters. The monoisotopic (exact) mass is 416 g/mol. The van der Waals surface area contributed by atoms with Crippen molar-refractivity contribution in [2.24, 2.45) is 0 Å². The molecule has 148 valence electrons. The number of thioether (sulfide) groups is 1. The minimum Gasteiger partial charge on any atom is -0.357 e. The molecule has 3 rings (SSSR count). The van der Waals surface area contributed by atoms with Crippen LogP contribution in [0.2, 0.25) is 0 Å². The zero-order valence-corrected chi connectivity index (χ0v) is 18.1. The quantitative estimate of drug-likeness (QED) is 0.556. The van der Waals surface area contributed by atoms with Gasteiger partial charge in [-0.25, -0.2) is 0 Å². The molecule has 0 radical (unpaired) electrons. The molecule has 1 amide bonds. The fourth-order valence-corrected chi connectivity index (χ4v) is 4.90. The number of rotatable bonds is 3. The summed E-state index contributed by atoms with van der Waals surface area (Å²) in [6.07, 6.45) is 6.28. The molecule has 2 fully saturated rings. The van der Waals surface area contributed by atoms with E-state index in [0.717, 1.165) is 37.3 Å². The molecule has 6 nitrogen and oxygen atoms in total. The number of aromatic nitrogens is 1. The number of thiocarbonyl (C=S) groups is 1. The minimum absolute atomic E-state index is 0.138. The molecule has 0 N–H and O–H groups in total. The minimum atomic E-state index is -0.262. The highest BCUT2D eigenvalue weighted by Crippen LogP contribution is 2.35. The van der Waals surface area contributed by atoms with Gasteiger partial charge in [0.1, 0.15) is 21.8 Å². The van der Waals surface area contributed by atoms with Gasteiger partial charge in [0.05, 0.1) is 4.91 Å². The SMILES string of the molecule is CCn1c(N2CCCCCC2)c(/C=C2\SC(=S)N(C)C2=O)c(C)c(C#N)c1=O. The fraction of sp³-hybridized carbons (Fsp3) is 0.500. The van der Waals surface area contributed by atoms with Crippen molar-refractivity contribution in [3.8, 4) is 6.07 Å². The number of hydrogen-bond acceptors (Lipinski definition) is 6. The fourth-order valence-electron chi connectivity index (χ4n) is 3.74. The molecule has 3 heterocycles. The molecule has 0 aromatic carbocycles. The largest absolute Gasteiger partial charge is 0.357 e. The number of carbonyl (C=O) groups is 1. The van der Waals surface area contributed by atoms with Crippen LogP contribution in [0.4, 0.5) is 5.82 Å². The predicted octanol–water partition coefficient (Wildman–Crippen LogP) is 3.26. The molecule has 8 heteroatoms. The molecule has 1 aromatic rings. The number of nitrogens with zero attached hydrogens (tertiary/aromatic N) is 4. The standard InChI is InChI=1S/C20H24N4O2S2/c1-4-24-17(23-9-7-5-6-8-10-23)14(13(2)15(12-21)18(24)25)11-16-19(26)22(3)20(27)28-16/h11H,4-10H2,1-3H3/b16-11-. The topological polar surface area (TPSA) is 69.3 Å². The molecule has 28 heavy (non-hydrogen) atoms. The zero-order valence-electron chi connectivity index (χ0n) is 16.4. The molecule has 0 aliphatic carbocycles. The van der Waals surface area contributed by atoms with Crippen LogP contribution in [-0.2, 0) is 11.3 Å². The van der Waals surface area contributed by atoms with Gasteiger partial charge in [0.15, 0.2) is 0 Å². The first-order chi connectivity index (χ1) is 13.4. The van der Waals surface area contributed by atoms with Gasteiger partial charge in [-0.15, -0.1) is 0 Å². The van der Waals surface area contributed by atoms with Crippen molar-refractivity contribution in [1.82, 2.24) is 9.47 Å². The maximum absolute atomic E-state index is 13.0. The Morgan fingerprint density at radius 1 is 1.21 bits per heavy atom. The highest BCUT2D eigenvalue weighted by molar-refractivity contribution is 8.26.